The molecule has 4 aromatic rings. The predicted molar refractivity (Wildman–Crippen MR) is 161 cm³/mol. The van der Waals surface area contributed by atoms with Crippen LogP contribution in [0.25, 0.3) is 32.9 Å². The smallest absolute Gasteiger partial charge is 0.319 e. The second kappa shape index (κ2) is 11.1. The van der Waals surface area contributed by atoms with Crippen LogP contribution in [0.3, 0.4) is 0 Å². The maximum Gasteiger partial charge on any atom is 0.319 e. The zero-order chi connectivity index (χ0) is 30.5. The average Bonchev–Trinajstić information content (AvgIpc) is 3.74. The number of hydrogen-bond acceptors (Lipinski definition) is 9. The van der Waals surface area contributed by atoms with E-state index in [0.717, 1.165) is 19.4 Å². The van der Waals surface area contributed by atoms with Gasteiger partial charge in [0.2, 0.25) is 0 Å². The summed E-state index contributed by atoms with van der Waals surface area (Å²) in [5, 5.41) is 22.8. The second-order valence-corrected chi connectivity index (χ2v) is 12.5. The fourth-order valence-electron chi connectivity index (χ4n) is 6.14. The molecule has 0 amide bonds. The van der Waals surface area contributed by atoms with Crippen LogP contribution in [0.4, 0.5) is 14.6 Å². The maximum atomic E-state index is 16.7. The highest BCUT2D eigenvalue weighted by Gasteiger charge is 2.44. The summed E-state index contributed by atoms with van der Waals surface area (Å²) in [6.45, 7) is 5.84. The number of halogens is 2. The first kappa shape index (κ1) is 29.4. The molecule has 6 rings (SSSR count). The Kier molecular flexibility index (Phi) is 7.60. The Hall–Kier alpha value is -3.67. The molecular formula is C32H37F2N5O4. The minimum absolute atomic E-state index is 0.00878. The molecule has 1 aliphatic carbocycles. The van der Waals surface area contributed by atoms with E-state index >= 15 is 4.39 Å². The van der Waals surface area contributed by atoms with E-state index in [2.05, 4.69) is 14.9 Å². The SMILES string of the molecule is CCc1c(F)ccc2cc(O)cc(-c3ncc4c(N5CCOC[C@@](C)(O)C5)nc(OCC5(CN(C)C)CC5)nc4c3F)c12. The topological polar surface area (TPSA) is 104 Å². The number of aryl methyl sites for hydroxylation is 1. The molecule has 11 heteroatoms. The third kappa shape index (κ3) is 5.81. The summed E-state index contributed by atoms with van der Waals surface area (Å²) < 4.78 is 43.3. The molecule has 2 aromatic heterocycles. The molecule has 1 aliphatic heterocycles. The molecule has 9 nitrogen and oxygen atoms in total. The highest BCUT2D eigenvalue weighted by atomic mass is 19.1. The van der Waals surface area contributed by atoms with E-state index < -0.39 is 17.2 Å². The number of anilines is 1. The second-order valence-electron chi connectivity index (χ2n) is 12.5. The Morgan fingerprint density at radius 2 is 1.95 bits per heavy atom. The molecule has 2 N–H and O–H groups in total. The first-order valence-electron chi connectivity index (χ1n) is 14.6. The van der Waals surface area contributed by atoms with E-state index in [4.69, 9.17) is 14.5 Å². The van der Waals surface area contributed by atoms with Crippen LogP contribution in [0, 0.1) is 17.0 Å². The number of aliphatic hydroxyl groups is 1. The van der Waals surface area contributed by atoms with Crippen LogP contribution in [-0.4, -0.2) is 89.2 Å². The summed E-state index contributed by atoms with van der Waals surface area (Å²) >= 11 is 0. The number of β-amino-alcohol motifs (C(OH)–C–C–N with tert-alkyl or cyclic N) is 1. The Bertz CT molecular complexity index is 1690. The molecule has 1 atom stereocenters. The monoisotopic (exact) mass is 593 g/mol. The number of fused-ring (bicyclic) bond motifs is 2. The number of benzene rings is 2. The highest BCUT2D eigenvalue weighted by Crippen LogP contribution is 2.46. The molecular weight excluding hydrogens is 556 g/mol. The molecule has 1 saturated heterocycles. The van der Waals surface area contributed by atoms with Crippen molar-refractivity contribution < 1.29 is 28.5 Å². The van der Waals surface area contributed by atoms with Gasteiger partial charge in [-0.25, -0.2) is 8.78 Å². The normalized spacial score (nSPS) is 20.1. The van der Waals surface area contributed by atoms with Crippen LogP contribution in [0.1, 0.15) is 32.3 Å². The lowest BCUT2D eigenvalue weighted by Crippen LogP contribution is -2.42. The summed E-state index contributed by atoms with van der Waals surface area (Å²) in [5.74, 6) is -0.864. The quantitative estimate of drug-likeness (QED) is 0.301. The van der Waals surface area contributed by atoms with Gasteiger partial charge in [-0.2, -0.15) is 9.97 Å². The number of pyridine rings is 1. The molecule has 0 unspecified atom stereocenters. The molecule has 2 fully saturated rings. The predicted octanol–water partition coefficient (Wildman–Crippen LogP) is 4.70. The highest BCUT2D eigenvalue weighted by molar-refractivity contribution is 6.01. The lowest BCUT2D eigenvalue weighted by atomic mass is 9.94. The summed E-state index contributed by atoms with van der Waals surface area (Å²) in [7, 11) is 4.03. The Balaban J connectivity index is 1.52. The molecule has 2 aliphatic rings. The number of aromatic nitrogens is 3. The number of phenolic OH excluding ortho intramolecular Hbond substituents is 1. The number of ether oxygens (including phenoxy) is 2. The van der Waals surface area contributed by atoms with E-state index in [1.54, 1.807) is 13.0 Å². The van der Waals surface area contributed by atoms with Gasteiger partial charge in [-0.1, -0.05) is 13.0 Å². The lowest BCUT2D eigenvalue weighted by Gasteiger charge is -2.29. The maximum absolute atomic E-state index is 16.7. The van der Waals surface area contributed by atoms with Crippen LogP contribution in [0.2, 0.25) is 0 Å². The van der Waals surface area contributed by atoms with Crippen LogP contribution in [-0.2, 0) is 11.2 Å². The third-order valence-electron chi connectivity index (χ3n) is 8.27. The summed E-state index contributed by atoms with van der Waals surface area (Å²) in [6.07, 6.45) is 3.89. The number of phenols is 1. The summed E-state index contributed by atoms with van der Waals surface area (Å²) in [5.41, 5.74) is -0.581. The van der Waals surface area contributed by atoms with E-state index in [9.17, 15) is 14.6 Å². The minimum Gasteiger partial charge on any atom is -0.508 e. The molecule has 2 aromatic carbocycles. The fourth-order valence-corrected chi connectivity index (χ4v) is 6.14. The fraction of sp³-hybridized carbons (Fsp3) is 0.469. The number of hydrogen-bond donors (Lipinski definition) is 2. The summed E-state index contributed by atoms with van der Waals surface area (Å²) in [4.78, 5) is 17.7. The van der Waals surface area contributed by atoms with Crippen molar-refractivity contribution in [2.75, 3.05) is 58.5 Å². The van der Waals surface area contributed by atoms with Crippen molar-refractivity contribution in [3.8, 4) is 23.0 Å². The molecule has 1 saturated carbocycles. The largest absolute Gasteiger partial charge is 0.508 e. The minimum atomic E-state index is -1.16. The van der Waals surface area contributed by atoms with E-state index in [1.165, 1.54) is 24.4 Å². The van der Waals surface area contributed by atoms with Gasteiger partial charge in [0, 0.05) is 30.3 Å². The van der Waals surface area contributed by atoms with Crippen molar-refractivity contribution in [3.05, 3.63) is 47.7 Å². The van der Waals surface area contributed by atoms with Crippen molar-refractivity contribution in [2.24, 2.45) is 5.41 Å². The van der Waals surface area contributed by atoms with Crippen LogP contribution in [0.15, 0.2) is 30.5 Å². The van der Waals surface area contributed by atoms with Gasteiger partial charge in [-0.05, 0) is 74.8 Å². The van der Waals surface area contributed by atoms with Gasteiger partial charge in [0.15, 0.2) is 5.82 Å². The van der Waals surface area contributed by atoms with E-state index in [0.29, 0.717) is 53.7 Å². The molecule has 0 bridgehead atoms. The van der Waals surface area contributed by atoms with Crippen LogP contribution < -0.4 is 9.64 Å². The first-order chi connectivity index (χ1) is 20.5. The molecule has 0 radical (unpaired) electrons. The standard InChI is InChI=1S/C32H37F2N5O4/c1-5-21-24(33)7-6-19-12-20(40)13-22(25(19)21)27-26(34)28-23(14-35-27)29(39-10-11-42-17-31(2,41)15-39)37-30(36-28)43-18-32(8-9-32)16-38(3)4/h6-7,12-14,40-41H,5,8-11,15-18H2,1-4H3/t31-/m0/s1. The van der Waals surface area contributed by atoms with Gasteiger partial charge in [-0.3, -0.25) is 4.98 Å². The zero-order valence-corrected chi connectivity index (χ0v) is 25.0. The average molecular weight is 594 g/mol. The van der Waals surface area contributed by atoms with Gasteiger partial charge in [-0.15, -0.1) is 0 Å². The third-order valence-corrected chi connectivity index (χ3v) is 8.27. The van der Waals surface area contributed by atoms with Crippen molar-refractivity contribution in [3.63, 3.8) is 0 Å². The number of aromatic hydroxyl groups is 1. The Morgan fingerprint density at radius 1 is 1.16 bits per heavy atom. The Labute approximate surface area is 249 Å². The van der Waals surface area contributed by atoms with E-state index in [1.807, 2.05) is 25.9 Å². The van der Waals surface area contributed by atoms with Crippen LogP contribution >= 0.6 is 0 Å². The zero-order valence-electron chi connectivity index (χ0n) is 25.0. The molecule has 3 heterocycles. The van der Waals surface area contributed by atoms with Crippen molar-refractivity contribution in [1.82, 2.24) is 19.9 Å². The van der Waals surface area contributed by atoms with Gasteiger partial charge in [0.25, 0.3) is 0 Å². The summed E-state index contributed by atoms with van der Waals surface area (Å²) in [6, 6.07) is 5.86. The van der Waals surface area contributed by atoms with Crippen molar-refractivity contribution in [2.45, 2.75) is 38.7 Å². The van der Waals surface area contributed by atoms with Crippen LogP contribution in [0.5, 0.6) is 11.8 Å². The van der Waals surface area contributed by atoms with E-state index in [-0.39, 0.29) is 47.1 Å². The molecule has 43 heavy (non-hydrogen) atoms. The van der Waals surface area contributed by atoms with Gasteiger partial charge in [0.1, 0.15) is 34.2 Å². The van der Waals surface area contributed by atoms with Crippen molar-refractivity contribution in [1.29, 1.82) is 0 Å². The molecule has 228 valence electrons. The van der Waals surface area contributed by atoms with Gasteiger partial charge < -0.3 is 29.5 Å². The lowest BCUT2D eigenvalue weighted by molar-refractivity contribution is -0.0123. The number of nitrogens with zero attached hydrogens (tertiary/aromatic N) is 5. The Morgan fingerprint density at radius 3 is 2.67 bits per heavy atom. The van der Waals surface area contributed by atoms with Gasteiger partial charge >= 0.3 is 6.01 Å². The van der Waals surface area contributed by atoms with Gasteiger partial charge in [0.05, 0.1) is 31.8 Å². The number of rotatable bonds is 8. The molecule has 0 spiro atoms. The van der Waals surface area contributed by atoms with Crippen molar-refractivity contribution >= 4 is 27.5 Å². The first-order valence-corrected chi connectivity index (χ1v) is 14.6.